The first kappa shape index (κ1) is 10.7. The highest BCUT2D eigenvalue weighted by atomic mass is 16.2. The van der Waals surface area contributed by atoms with Crippen molar-refractivity contribution in [2.24, 2.45) is 0 Å². The number of nitrogens with zero attached hydrogens (tertiary/aromatic N) is 2. The number of carbonyl (C=O) groups is 2. The number of aryl methyl sites for hydroxylation is 2. The van der Waals surface area contributed by atoms with Crippen LogP contribution in [0.15, 0.2) is 18.2 Å². The lowest BCUT2D eigenvalue weighted by Crippen LogP contribution is -2.32. The largest absolute Gasteiger partial charge is 0.331 e. The molecule has 0 N–H and O–H groups in total. The van der Waals surface area contributed by atoms with E-state index in [-0.39, 0.29) is 18.5 Å². The van der Waals surface area contributed by atoms with Gasteiger partial charge in [-0.3, -0.25) is 4.79 Å². The van der Waals surface area contributed by atoms with Crippen molar-refractivity contribution < 1.29 is 9.59 Å². The summed E-state index contributed by atoms with van der Waals surface area (Å²) in [4.78, 5) is 26.2. The number of imide groups is 1. The molecule has 1 aromatic rings. The fourth-order valence-electron chi connectivity index (χ4n) is 1.82. The summed E-state index contributed by atoms with van der Waals surface area (Å²) >= 11 is 0. The molecule has 2 rings (SSSR count). The van der Waals surface area contributed by atoms with Crippen LogP contribution in [-0.2, 0) is 4.79 Å². The van der Waals surface area contributed by atoms with E-state index in [0.29, 0.717) is 5.69 Å². The molecule has 1 heterocycles. The second-order valence-electron chi connectivity index (χ2n) is 4.16. The third-order valence-electron chi connectivity index (χ3n) is 2.75. The van der Waals surface area contributed by atoms with Gasteiger partial charge in [-0.05, 0) is 31.0 Å². The van der Waals surface area contributed by atoms with E-state index in [1.807, 2.05) is 32.0 Å². The van der Waals surface area contributed by atoms with Gasteiger partial charge in [0.2, 0.25) is 0 Å². The van der Waals surface area contributed by atoms with E-state index in [0.717, 1.165) is 11.1 Å². The van der Waals surface area contributed by atoms with Crippen LogP contribution in [0.5, 0.6) is 0 Å². The van der Waals surface area contributed by atoms with E-state index in [9.17, 15) is 9.59 Å². The molecule has 84 valence electrons. The average Bonchev–Trinajstić information content (AvgIpc) is 2.46. The molecular formula is C12H14N2O2. The highest BCUT2D eigenvalue weighted by Gasteiger charge is 2.35. The topological polar surface area (TPSA) is 40.6 Å². The average molecular weight is 218 g/mol. The molecule has 0 atom stereocenters. The first-order valence-corrected chi connectivity index (χ1v) is 5.16. The van der Waals surface area contributed by atoms with Gasteiger partial charge in [-0.15, -0.1) is 0 Å². The zero-order valence-electron chi connectivity index (χ0n) is 9.65. The summed E-state index contributed by atoms with van der Waals surface area (Å²) in [6.07, 6.45) is 0. The SMILES string of the molecule is Cc1ccc(C)c(N2C(=O)CN(C)C2=O)c1. The van der Waals surface area contributed by atoms with Crippen molar-refractivity contribution in [3.8, 4) is 0 Å². The molecular weight excluding hydrogens is 204 g/mol. The molecule has 16 heavy (non-hydrogen) atoms. The Morgan fingerprint density at radius 3 is 2.44 bits per heavy atom. The van der Waals surface area contributed by atoms with Crippen LogP contribution in [0.25, 0.3) is 0 Å². The first-order valence-electron chi connectivity index (χ1n) is 5.16. The van der Waals surface area contributed by atoms with E-state index in [4.69, 9.17) is 0 Å². The van der Waals surface area contributed by atoms with Crippen LogP contribution in [0.4, 0.5) is 10.5 Å². The number of urea groups is 1. The smallest absolute Gasteiger partial charge is 0.318 e. The van der Waals surface area contributed by atoms with E-state index in [2.05, 4.69) is 0 Å². The van der Waals surface area contributed by atoms with Gasteiger partial charge in [0, 0.05) is 7.05 Å². The number of benzene rings is 1. The normalized spacial score (nSPS) is 16.2. The molecule has 0 radical (unpaired) electrons. The van der Waals surface area contributed by atoms with E-state index in [1.165, 1.54) is 9.80 Å². The lowest BCUT2D eigenvalue weighted by Gasteiger charge is -2.17. The Balaban J connectivity index is 2.48. The van der Waals surface area contributed by atoms with Gasteiger partial charge >= 0.3 is 6.03 Å². The molecule has 1 aliphatic rings. The van der Waals surface area contributed by atoms with Gasteiger partial charge < -0.3 is 4.90 Å². The Morgan fingerprint density at radius 2 is 1.88 bits per heavy atom. The maximum absolute atomic E-state index is 11.8. The first-order chi connectivity index (χ1) is 7.50. The molecule has 1 aliphatic heterocycles. The second kappa shape index (κ2) is 3.63. The zero-order valence-corrected chi connectivity index (χ0v) is 9.65. The van der Waals surface area contributed by atoms with Crippen molar-refractivity contribution in [1.29, 1.82) is 0 Å². The minimum absolute atomic E-state index is 0.159. The zero-order chi connectivity index (χ0) is 11.9. The summed E-state index contributed by atoms with van der Waals surface area (Å²) in [5.41, 5.74) is 2.66. The van der Waals surface area contributed by atoms with Gasteiger partial charge in [0.25, 0.3) is 5.91 Å². The highest BCUT2D eigenvalue weighted by Crippen LogP contribution is 2.25. The highest BCUT2D eigenvalue weighted by molar-refractivity contribution is 6.20. The van der Waals surface area contributed by atoms with E-state index >= 15 is 0 Å². The lowest BCUT2D eigenvalue weighted by molar-refractivity contribution is -0.116. The number of hydrogen-bond donors (Lipinski definition) is 0. The Bertz CT molecular complexity index is 468. The molecule has 4 nitrogen and oxygen atoms in total. The molecule has 0 spiro atoms. The van der Waals surface area contributed by atoms with Gasteiger partial charge in [-0.1, -0.05) is 12.1 Å². The Labute approximate surface area is 94.5 Å². The third kappa shape index (κ3) is 1.56. The van der Waals surface area contributed by atoms with Crippen LogP contribution in [0.1, 0.15) is 11.1 Å². The fraction of sp³-hybridized carbons (Fsp3) is 0.333. The predicted octanol–water partition coefficient (Wildman–Crippen LogP) is 1.70. The maximum Gasteiger partial charge on any atom is 0.331 e. The number of likely N-dealkylation sites (N-methyl/N-ethyl adjacent to an activating group) is 1. The van der Waals surface area contributed by atoms with Crippen LogP contribution in [-0.4, -0.2) is 30.4 Å². The van der Waals surface area contributed by atoms with Gasteiger partial charge in [0.05, 0.1) is 5.69 Å². The van der Waals surface area contributed by atoms with Crippen molar-refractivity contribution >= 4 is 17.6 Å². The molecule has 1 aromatic carbocycles. The van der Waals surface area contributed by atoms with Crippen LogP contribution in [0.2, 0.25) is 0 Å². The van der Waals surface area contributed by atoms with Crippen molar-refractivity contribution in [1.82, 2.24) is 4.90 Å². The summed E-state index contributed by atoms with van der Waals surface area (Å²) in [5, 5.41) is 0. The van der Waals surface area contributed by atoms with Crippen LogP contribution >= 0.6 is 0 Å². The van der Waals surface area contributed by atoms with Crippen LogP contribution in [0.3, 0.4) is 0 Å². The molecule has 3 amide bonds. The number of amides is 3. The molecule has 0 aliphatic carbocycles. The molecule has 1 fully saturated rings. The summed E-state index contributed by atoms with van der Waals surface area (Å²) < 4.78 is 0. The molecule has 1 saturated heterocycles. The number of rotatable bonds is 1. The van der Waals surface area contributed by atoms with Gasteiger partial charge in [-0.2, -0.15) is 0 Å². The molecule has 0 bridgehead atoms. The molecule has 0 saturated carbocycles. The van der Waals surface area contributed by atoms with Crippen LogP contribution in [0, 0.1) is 13.8 Å². The lowest BCUT2D eigenvalue weighted by atomic mass is 10.1. The minimum Gasteiger partial charge on any atom is -0.318 e. The van der Waals surface area contributed by atoms with Crippen molar-refractivity contribution in [3.63, 3.8) is 0 Å². The van der Waals surface area contributed by atoms with Gasteiger partial charge in [0.1, 0.15) is 6.54 Å². The third-order valence-corrected chi connectivity index (χ3v) is 2.75. The molecule has 0 unspecified atom stereocenters. The van der Waals surface area contributed by atoms with E-state index in [1.54, 1.807) is 7.05 Å². The monoisotopic (exact) mass is 218 g/mol. The minimum atomic E-state index is -0.251. The Kier molecular flexibility index (Phi) is 2.42. The summed E-state index contributed by atoms with van der Waals surface area (Å²) in [6, 6.07) is 5.50. The van der Waals surface area contributed by atoms with Crippen molar-refractivity contribution in [2.75, 3.05) is 18.5 Å². The van der Waals surface area contributed by atoms with Gasteiger partial charge in [0.15, 0.2) is 0 Å². The van der Waals surface area contributed by atoms with Crippen molar-refractivity contribution in [2.45, 2.75) is 13.8 Å². The number of anilines is 1. The van der Waals surface area contributed by atoms with E-state index < -0.39 is 0 Å². The standard InChI is InChI=1S/C12H14N2O2/c1-8-4-5-9(2)10(6-8)14-11(15)7-13(3)12(14)16/h4-6H,7H2,1-3H3. The Hall–Kier alpha value is -1.84. The number of carbonyl (C=O) groups excluding carboxylic acids is 2. The fourth-order valence-corrected chi connectivity index (χ4v) is 1.82. The summed E-state index contributed by atoms with van der Waals surface area (Å²) in [6.45, 7) is 4.00. The number of hydrogen-bond acceptors (Lipinski definition) is 2. The maximum atomic E-state index is 11.8. The van der Waals surface area contributed by atoms with Crippen LogP contribution < -0.4 is 4.90 Å². The van der Waals surface area contributed by atoms with Gasteiger partial charge in [-0.25, -0.2) is 9.69 Å². The summed E-state index contributed by atoms with van der Waals surface area (Å²) in [5.74, 6) is -0.166. The molecule has 0 aromatic heterocycles. The van der Waals surface area contributed by atoms with Crippen molar-refractivity contribution in [3.05, 3.63) is 29.3 Å². The predicted molar refractivity (Wildman–Crippen MR) is 61.4 cm³/mol. The Morgan fingerprint density at radius 1 is 1.19 bits per heavy atom. The molecule has 4 heteroatoms. The quantitative estimate of drug-likeness (QED) is 0.673. The second-order valence-corrected chi connectivity index (χ2v) is 4.16. The summed E-state index contributed by atoms with van der Waals surface area (Å²) in [7, 11) is 1.63.